The van der Waals surface area contributed by atoms with Gasteiger partial charge in [-0.3, -0.25) is 0 Å². The number of hydrogen-bond donors (Lipinski definition) is 3. The average Bonchev–Trinajstić information content (AvgIpc) is 2.30. The molecule has 1 aromatic rings. The highest BCUT2D eigenvalue weighted by molar-refractivity contribution is 5.46. The van der Waals surface area contributed by atoms with Crippen molar-refractivity contribution in [3.8, 4) is 0 Å². The number of methoxy groups -OCH3 is 1. The minimum Gasteiger partial charge on any atom is -0.383 e. The van der Waals surface area contributed by atoms with Crippen LogP contribution in [0, 0.1) is 0 Å². The van der Waals surface area contributed by atoms with Crippen molar-refractivity contribution in [3.05, 3.63) is 12.4 Å². The van der Waals surface area contributed by atoms with Crippen LogP contribution in [0.25, 0.3) is 0 Å². The number of hydrogen-bond acceptors (Lipinski definition) is 6. The van der Waals surface area contributed by atoms with Crippen molar-refractivity contribution in [1.29, 1.82) is 0 Å². The number of anilines is 2. The zero-order chi connectivity index (χ0) is 11.8. The second kappa shape index (κ2) is 6.97. The summed E-state index contributed by atoms with van der Waals surface area (Å²) in [4.78, 5) is 8.20. The zero-order valence-corrected chi connectivity index (χ0v) is 9.73. The van der Waals surface area contributed by atoms with Gasteiger partial charge in [-0.05, 0) is 6.92 Å². The smallest absolute Gasteiger partial charge is 0.131 e. The van der Waals surface area contributed by atoms with Crippen LogP contribution in [0.3, 0.4) is 0 Å². The van der Waals surface area contributed by atoms with Crippen LogP contribution in [0.4, 0.5) is 11.6 Å². The molecule has 0 amide bonds. The molecule has 16 heavy (non-hydrogen) atoms. The zero-order valence-electron chi connectivity index (χ0n) is 9.73. The van der Waals surface area contributed by atoms with Gasteiger partial charge in [-0.25, -0.2) is 9.97 Å². The highest BCUT2D eigenvalue weighted by Gasteiger charge is 2.01. The second-order valence-corrected chi connectivity index (χ2v) is 3.49. The Morgan fingerprint density at radius 2 is 2.19 bits per heavy atom. The summed E-state index contributed by atoms with van der Waals surface area (Å²) < 4.78 is 4.94. The Kier molecular flexibility index (Phi) is 5.52. The first-order valence-electron chi connectivity index (χ1n) is 5.27. The maximum absolute atomic E-state index is 5.52. The van der Waals surface area contributed by atoms with E-state index in [0.29, 0.717) is 13.2 Å². The molecule has 0 bridgehead atoms. The molecule has 0 aliphatic heterocycles. The summed E-state index contributed by atoms with van der Waals surface area (Å²) in [7, 11) is 1.66. The molecule has 0 fully saturated rings. The predicted molar refractivity (Wildman–Crippen MR) is 64.5 cm³/mol. The highest BCUT2D eigenvalue weighted by Crippen LogP contribution is 2.08. The molecule has 1 rings (SSSR count). The maximum atomic E-state index is 5.52. The molecule has 0 aliphatic rings. The van der Waals surface area contributed by atoms with E-state index in [0.717, 1.165) is 18.2 Å². The van der Waals surface area contributed by atoms with Crippen molar-refractivity contribution in [2.24, 2.45) is 5.73 Å². The lowest BCUT2D eigenvalue weighted by Gasteiger charge is -2.12. The van der Waals surface area contributed by atoms with Gasteiger partial charge in [0.25, 0.3) is 0 Å². The molecule has 1 atom stereocenters. The van der Waals surface area contributed by atoms with Crippen LogP contribution >= 0.6 is 0 Å². The van der Waals surface area contributed by atoms with Crippen molar-refractivity contribution in [2.75, 3.05) is 37.4 Å². The van der Waals surface area contributed by atoms with Gasteiger partial charge in [-0.15, -0.1) is 0 Å². The van der Waals surface area contributed by atoms with Gasteiger partial charge in [-0.2, -0.15) is 0 Å². The van der Waals surface area contributed by atoms with Crippen LogP contribution in [0.5, 0.6) is 0 Å². The van der Waals surface area contributed by atoms with Gasteiger partial charge >= 0.3 is 0 Å². The van der Waals surface area contributed by atoms with E-state index >= 15 is 0 Å². The molecule has 0 aromatic carbocycles. The SMILES string of the molecule is COCCNc1cc(NC(C)CN)ncn1. The van der Waals surface area contributed by atoms with E-state index in [9.17, 15) is 0 Å². The van der Waals surface area contributed by atoms with Crippen molar-refractivity contribution in [2.45, 2.75) is 13.0 Å². The molecule has 0 saturated carbocycles. The van der Waals surface area contributed by atoms with Crippen molar-refractivity contribution < 1.29 is 4.74 Å². The van der Waals surface area contributed by atoms with Crippen LogP contribution in [-0.4, -0.2) is 42.8 Å². The summed E-state index contributed by atoms with van der Waals surface area (Å²) in [5, 5.41) is 6.30. The molecule has 90 valence electrons. The Morgan fingerprint density at radius 3 is 2.88 bits per heavy atom. The van der Waals surface area contributed by atoms with Crippen molar-refractivity contribution in [1.82, 2.24) is 9.97 Å². The molecule has 1 heterocycles. The van der Waals surface area contributed by atoms with Crippen LogP contribution in [0.2, 0.25) is 0 Å². The van der Waals surface area contributed by atoms with Gasteiger partial charge in [0.05, 0.1) is 6.61 Å². The quantitative estimate of drug-likeness (QED) is 0.578. The van der Waals surface area contributed by atoms with Gasteiger partial charge in [0.1, 0.15) is 18.0 Å². The second-order valence-electron chi connectivity index (χ2n) is 3.49. The minimum absolute atomic E-state index is 0.196. The van der Waals surface area contributed by atoms with E-state index in [1.54, 1.807) is 7.11 Å². The first-order chi connectivity index (χ1) is 7.76. The fourth-order valence-electron chi connectivity index (χ4n) is 1.13. The summed E-state index contributed by atoms with van der Waals surface area (Å²) in [6, 6.07) is 2.05. The van der Waals surface area contributed by atoms with E-state index in [1.165, 1.54) is 6.33 Å². The topological polar surface area (TPSA) is 85.1 Å². The fourth-order valence-corrected chi connectivity index (χ4v) is 1.13. The fraction of sp³-hybridized carbons (Fsp3) is 0.600. The lowest BCUT2D eigenvalue weighted by molar-refractivity contribution is 0.210. The molecule has 6 heteroatoms. The first kappa shape index (κ1) is 12.7. The van der Waals surface area contributed by atoms with Crippen LogP contribution in [-0.2, 0) is 4.74 Å². The number of ether oxygens (including phenoxy) is 1. The van der Waals surface area contributed by atoms with E-state index < -0.39 is 0 Å². The molecular formula is C10H19N5O. The highest BCUT2D eigenvalue weighted by atomic mass is 16.5. The van der Waals surface area contributed by atoms with Gasteiger partial charge in [0, 0.05) is 32.3 Å². The first-order valence-corrected chi connectivity index (χ1v) is 5.27. The third kappa shape index (κ3) is 4.41. The largest absolute Gasteiger partial charge is 0.383 e. The summed E-state index contributed by atoms with van der Waals surface area (Å²) in [5.41, 5.74) is 5.52. The third-order valence-electron chi connectivity index (χ3n) is 2.03. The van der Waals surface area contributed by atoms with Gasteiger partial charge < -0.3 is 21.1 Å². The number of aromatic nitrogens is 2. The molecular weight excluding hydrogens is 206 g/mol. The Balaban J connectivity index is 2.50. The molecule has 1 aromatic heterocycles. The number of nitrogens with one attached hydrogen (secondary N) is 2. The van der Waals surface area contributed by atoms with E-state index in [-0.39, 0.29) is 6.04 Å². The molecule has 0 aliphatic carbocycles. The van der Waals surface area contributed by atoms with E-state index in [2.05, 4.69) is 20.6 Å². The lowest BCUT2D eigenvalue weighted by Crippen LogP contribution is -2.25. The summed E-state index contributed by atoms with van der Waals surface area (Å²) >= 11 is 0. The van der Waals surface area contributed by atoms with Crippen LogP contribution in [0.15, 0.2) is 12.4 Å². The molecule has 0 saturated heterocycles. The van der Waals surface area contributed by atoms with Crippen molar-refractivity contribution in [3.63, 3.8) is 0 Å². The monoisotopic (exact) mass is 225 g/mol. The Morgan fingerprint density at radius 1 is 1.44 bits per heavy atom. The Hall–Kier alpha value is -1.40. The van der Waals surface area contributed by atoms with Gasteiger partial charge in [-0.1, -0.05) is 0 Å². The molecule has 1 unspecified atom stereocenters. The van der Waals surface area contributed by atoms with Crippen molar-refractivity contribution >= 4 is 11.6 Å². The summed E-state index contributed by atoms with van der Waals surface area (Å²) in [6.07, 6.45) is 1.51. The van der Waals surface area contributed by atoms with E-state index in [1.807, 2.05) is 13.0 Å². The van der Waals surface area contributed by atoms with Crippen LogP contribution in [0.1, 0.15) is 6.92 Å². The number of rotatable bonds is 7. The number of nitrogens with two attached hydrogens (primary N) is 1. The summed E-state index contributed by atoms with van der Waals surface area (Å²) in [5.74, 6) is 1.55. The minimum atomic E-state index is 0.196. The van der Waals surface area contributed by atoms with Crippen LogP contribution < -0.4 is 16.4 Å². The van der Waals surface area contributed by atoms with Gasteiger partial charge in [0.15, 0.2) is 0 Å². The molecule has 4 N–H and O–H groups in total. The summed E-state index contributed by atoms with van der Waals surface area (Å²) in [6.45, 7) is 3.93. The third-order valence-corrected chi connectivity index (χ3v) is 2.03. The Labute approximate surface area is 95.6 Å². The van der Waals surface area contributed by atoms with Gasteiger partial charge in [0.2, 0.25) is 0 Å². The maximum Gasteiger partial charge on any atom is 0.131 e. The molecule has 6 nitrogen and oxygen atoms in total. The normalized spacial score (nSPS) is 12.2. The average molecular weight is 225 g/mol. The Bertz CT molecular complexity index is 307. The standard InChI is InChI=1S/C10H19N5O/c1-8(6-11)15-10-5-9(13-7-14-10)12-3-4-16-2/h5,7-8H,3-4,6,11H2,1-2H3,(H2,12,13,14,15). The van der Waals surface area contributed by atoms with E-state index in [4.69, 9.17) is 10.5 Å². The number of nitrogens with zero attached hydrogens (tertiary/aromatic N) is 2. The lowest BCUT2D eigenvalue weighted by atomic mass is 10.3. The molecule has 0 spiro atoms. The molecule has 0 radical (unpaired) electrons. The predicted octanol–water partition coefficient (Wildman–Crippen LogP) is 0.294.